The van der Waals surface area contributed by atoms with E-state index in [0.29, 0.717) is 12.7 Å². The molecule has 0 radical (unpaired) electrons. The molecule has 0 aromatic rings. The third-order valence-corrected chi connectivity index (χ3v) is 2.80. The molecule has 1 aliphatic rings. The van der Waals surface area contributed by atoms with Crippen LogP contribution in [0.1, 0.15) is 0 Å². The summed E-state index contributed by atoms with van der Waals surface area (Å²) in [6.45, 7) is 0. The molecule has 0 amide bonds. The molecule has 2 nitrogen and oxygen atoms in total. The lowest BCUT2D eigenvalue weighted by Crippen LogP contribution is -2.06. The monoisotopic (exact) mass is 248 g/mol. The fourth-order valence-corrected chi connectivity index (χ4v) is 2.01. The van der Waals surface area contributed by atoms with Gasteiger partial charge in [0.2, 0.25) is 5.78 Å². The molecule has 1 rings (SSSR count). The van der Waals surface area contributed by atoms with Crippen LogP contribution >= 0.6 is 23.3 Å². The second kappa shape index (κ2) is 3.48. The van der Waals surface area contributed by atoms with Crippen LogP contribution < -0.4 is 0 Å². The summed E-state index contributed by atoms with van der Waals surface area (Å²) in [5, 5.41) is 0.361. The van der Waals surface area contributed by atoms with Crippen molar-refractivity contribution in [1.82, 2.24) is 0 Å². The Kier molecular flexibility index (Phi) is 2.82. The van der Waals surface area contributed by atoms with E-state index in [4.69, 9.17) is 0 Å². The van der Waals surface area contributed by atoms with Crippen molar-refractivity contribution < 1.29 is 9.59 Å². The normalized spacial score (nSPS) is 18.3. The summed E-state index contributed by atoms with van der Waals surface area (Å²) >= 11 is 7.61. The third-order valence-electron chi connectivity index (χ3n) is 1.10. The molecule has 0 N–H and O–H groups in total. The minimum absolute atomic E-state index is 0.191. The number of carbonyl (C=O) groups is 2. The van der Waals surface area contributed by atoms with Gasteiger partial charge in [-0.2, -0.15) is 0 Å². The van der Waals surface area contributed by atoms with Crippen LogP contribution in [0.25, 0.3) is 0 Å². The van der Waals surface area contributed by atoms with Crippen molar-refractivity contribution in [2.75, 3.05) is 0 Å². The molecule has 0 unspecified atom stereocenters. The smallest absolute Gasteiger partial charge is 0.205 e. The number of carbonyl (C=O) groups excluding carboxylic acids is 2. The number of hydrogen-bond donors (Lipinski definition) is 0. The van der Waals surface area contributed by atoms with Gasteiger partial charge in [0.05, 0.1) is 9.80 Å². The van der Waals surface area contributed by atoms with E-state index in [1.165, 1.54) is 12.2 Å². The van der Waals surface area contributed by atoms with Crippen LogP contribution in [0.4, 0.5) is 0 Å². The van der Waals surface area contributed by atoms with Crippen LogP contribution in [-0.4, -0.2) is 11.6 Å². The Hall–Kier alpha value is -0.180. The highest BCUT2D eigenvalue weighted by atomic mass is 79.9. The largest absolute Gasteiger partial charge is 0.290 e. The molecule has 0 spiro atoms. The molecule has 0 heterocycles. The van der Waals surface area contributed by atoms with Gasteiger partial charge < -0.3 is 0 Å². The fourth-order valence-electron chi connectivity index (χ4n) is 0.623. The molecular formula is C6H2BrO2PS. The second-order valence-corrected chi connectivity index (χ2v) is 3.91. The van der Waals surface area contributed by atoms with Crippen LogP contribution in [0.3, 0.4) is 0 Å². The standard InChI is InChI=1S/C6H2BrO2PS/c7-4-1-3(8)2-5(10-11)6(4)9/h1-2H. The van der Waals surface area contributed by atoms with E-state index in [1.54, 1.807) is 0 Å². The van der Waals surface area contributed by atoms with Crippen LogP contribution in [-0.2, 0) is 21.4 Å². The molecule has 0 fully saturated rings. The lowest BCUT2D eigenvalue weighted by atomic mass is 10.2. The Morgan fingerprint density at radius 2 is 2.00 bits per heavy atom. The minimum atomic E-state index is -0.193. The van der Waals surface area contributed by atoms with Gasteiger partial charge in [-0.25, -0.2) is 0 Å². The maximum Gasteiger partial charge on any atom is 0.205 e. The summed E-state index contributed by atoms with van der Waals surface area (Å²) in [7, 11) is 0.414. The lowest BCUT2D eigenvalue weighted by molar-refractivity contribution is -0.114. The number of allylic oxidation sites excluding steroid dienone is 4. The summed E-state index contributed by atoms with van der Waals surface area (Å²) in [6, 6.07) is 0. The van der Waals surface area contributed by atoms with Gasteiger partial charge in [-0.3, -0.25) is 9.59 Å². The average molecular weight is 249 g/mol. The zero-order valence-corrected chi connectivity index (χ0v) is 8.50. The van der Waals surface area contributed by atoms with Crippen molar-refractivity contribution in [3.05, 3.63) is 21.9 Å². The maximum atomic E-state index is 11.1. The second-order valence-electron chi connectivity index (χ2n) is 1.84. The van der Waals surface area contributed by atoms with E-state index >= 15 is 0 Å². The number of ketones is 2. The molecule has 11 heavy (non-hydrogen) atoms. The number of rotatable bonds is 1. The van der Waals surface area contributed by atoms with Gasteiger partial charge in [0.1, 0.15) is 0 Å². The van der Waals surface area contributed by atoms with E-state index in [0.717, 1.165) is 0 Å². The van der Waals surface area contributed by atoms with Gasteiger partial charge >= 0.3 is 0 Å². The van der Waals surface area contributed by atoms with Gasteiger partial charge in [0.15, 0.2) is 5.78 Å². The summed E-state index contributed by atoms with van der Waals surface area (Å²) in [5.41, 5.74) is 0. The van der Waals surface area contributed by atoms with E-state index in [2.05, 4.69) is 27.7 Å². The maximum absolute atomic E-state index is 11.1. The predicted molar refractivity (Wildman–Crippen MR) is 49.4 cm³/mol. The highest BCUT2D eigenvalue weighted by Gasteiger charge is 2.17. The average Bonchev–Trinajstić information content (AvgIpc) is 1.96. The Balaban J connectivity index is 3.09. The van der Waals surface area contributed by atoms with Gasteiger partial charge in [-0.1, -0.05) is 11.8 Å². The van der Waals surface area contributed by atoms with Crippen molar-refractivity contribution in [3.8, 4) is 0 Å². The molecule has 56 valence electrons. The van der Waals surface area contributed by atoms with Crippen molar-refractivity contribution in [3.63, 3.8) is 0 Å². The third kappa shape index (κ3) is 1.89. The van der Waals surface area contributed by atoms with E-state index in [-0.39, 0.29) is 16.0 Å². The van der Waals surface area contributed by atoms with E-state index < -0.39 is 0 Å². The first-order valence-corrected chi connectivity index (χ1v) is 5.36. The molecule has 5 heteroatoms. The van der Waals surface area contributed by atoms with Crippen LogP contribution in [0.5, 0.6) is 0 Å². The lowest BCUT2D eigenvalue weighted by Gasteiger charge is -2.02. The zero-order chi connectivity index (χ0) is 8.43. The first-order chi connectivity index (χ1) is 5.15. The summed E-state index contributed by atoms with van der Waals surface area (Å²) in [5.74, 6) is -0.384. The Morgan fingerprint density at radius 1 is 1.36 bits per heavy atom. The quantitative estimate of drug-likeness (QED) is 0.524. The van der Waals surface area contributed by atoms with Crippen molar-refractivity contribution in [1.29, 1.82) is 0 Å². The van der Waals surface area contributed by atoms with Crippen molar-refractivity contribution in [2.24, 2.45) is 0 Å². The molecule has 0 saturated heterocycles. The zero-order valence-electron chi connectivity index (χ0n) is 5.20. The molecule has 0 aliphatic heterocycles. The van der Waals surface area contributed by atoms with Gasteiger partial charge in [-0.15, -0.1) is 0 Å². The highest BCUT2D eigenvalue weighted by Crippen LogP contribution is 2.24. The molecule has 0 bridgehead atoms. The SMILES string of the molecule is O=C1C=C(Br)C(=O)C(P=S)=C1. The number of Topliss-reactive ketones (excluding diaryl/α,β-unsaturated/α-hetero) is 1. The molecule has 0 atom stereocenters. The topological polar surface area (TPSA) is 34.1 Å². The van der Waals surface area contributed by atoms with E-state index in [1.807, 2.05) is 0 Å². The van der Waals surface area contributed by atoms with Gasteiger partial charge in [0.25, 0.3) is 0 Å². The predicted octanol–water partition coefficient (Wildman–Crippen LogP) is 1.71. The molecule has 0 aromatic heterocycles. The van der Waals surface area contributed by atoms with Crippen LogP contribution in [0.2, 0.25) is 0 Å². The Labute approximate surface area is 78.3 Å². The molecule has 0 saturated carbocycles. The first kappa shape index (κ1) is 8.91. The van der Waals surface area contributed by atoms with Crippen LogP contribution in [0.15, 0.2) is 21.9 Å². The molecule has 0 aromatic carbocycles. The summed E-state index contributed by atoms with van der Waals surface area (Å²) in [6.07, 6.45) is 2.51. The number of halogens is 1. The fraction of sp³-hybridized carbons (Fsp3) is 0. The molecular weight excluding hydrogens is 247 g/mol. The number of hydrogen-bond acceptors (Lipinski definition) is 3. The first-order valence-electron chi connectivity index (χ1n) is 2.66. The van der Waals surface area contributed by atoms with Gasteiger partial charge in [-0.05, 0) is 15.9 Å². The molecule has 1 aliphatic carbocycles. The van der Waals surface area contributed by atoms with Crippen molar-refractivity contribution in [2.45, 2.75) is 0 Å². The Bertz CT molecular complexity index is 306. The van der Waals surface area contributed by atoms with Crippen LogP contribution in [0, 0.1) is 0 Å². The van der Waals surface area contributed by atoms with E-state index in [9.17, 15) is 9.59 Å². The summed E-state index contributed by atoms with van der Waals surface area (Å²) in [4.78, 5) is 21.9. The minimum Gasteiger partial charge on any atom is -0.290 e. The van der Waals surface area contributed by atoms with Crippen molar-refractivity contribution >= 4 is 46.7 Å². The van der Waals surface area contributed by atoms with Gasteiger partial charge in [0, 0.05) is 19.5 Å². The Morgan fingerprint density at radius 3 is 2.55 bits per heavy atom. The summed E-state index contributed by atoms with van der Waals surface area (Å²) < 4.78 is 0.289. The highest BCUT2D eigenvalue weighted by molar-refractivity contribution is 9.12.